The van der Waals surface area contributed by atoms with E-state index in [-0.39, 0.29) is 18.5 Å². The van der Waals surface area contributed by atoms with E-state index in [2.05, 4.69) is 0 Å². The van der Waals surface area contributed by atoms with Crippen molar-refractivity contribution in [3.05, 3.63) is 29.8 Å². The van der Waals surface area contributed by atoms with Crippen molar-refractivity contribution in [1.29, 1.82) is 0 Å². The molecule has 0 radical (unpaired) electrons. The van der Waals surface area contributed by atoms with Gasteiger partial charge in [0.25, 0.3) is 0 Å². The molecule has 3 rings (SSSR count). The Morgan fingerprint density at radius 3 is 2.50 bits per heavy atom. The highest BCUT2D eigenvalue weighted by atomic mass is 16.2. The van der Waals surface area contributed by atoms with Crippen LogP contribution in [0.4, 0.5) is 10.5 Å². The van der Waals surface area contributed by atoms with Crippen LogP contribution in [0.2, 0.25) is 0 Å². The van der Waals surface area contributed by atoms with Gasteiger partial charge in [0.2, 0.25) is 5.91 Å². The molecule has 2 heterocycles. The maximum atomic E-state index is 12.3. The number of piperazine rings is 1. The molecular formula is C16H19N3O3. The fourth-order valence-electron chi connectivity index (χ4n) is 2.98. The van der Waals surface area contributed by atoms with E-state index in [1.165, 1.54) is 0 Å². The third-order valence-electron chi connectivity index (χ3n) is 4.19. The molecule has 3 amide bonds. The number of carbonyl (C=O) groups excluding carboxylic acids is 3. The van der Waals surface area contributed by atoms with E-state index in [0.717, 1.165) is 32.2 Å². The monoisotopic (exact) mass is 301 g/mol. The van der Waals surface area contributed by atoms with Crippen molar-refractivity contribution in [3.63, 3.8) is 0 Å². The Labute approximate surface area is 129 Å². The molecule has 2 fully saturated rings. The summed E-state index contributed by atoms with van der Waals surface area (Å²) in [6.07, 6.45) is 2.84. The fraction of sp³-hybridized carbons (Fsp3) is 0.438. The summed E-state index contributed by atoms with van der Waals surface area (Å²) in [7, 11) is 0. The van der Waals surface area contributed by atoms with Crippen molar-refractivity contribution >= 4 is 23.9 Å². The second-order valence-electron chi connectivity index (χ2n) is 5.66. The molecule has 2 aliphatic heterocycles. The second kappa shape index (κ2) is 6.17. The highest BCUT2D eigenvalue weighted by molar-refractivity contribution is 5.98. The summed E-state index contributed by atoms with van der Waals surface area (Å²) in [5.74, 6) is -0.109. The van der Waals surface area contributed by atoms with Gasteiger partial charge in [-0.3, -0.25) is 9.59 Å². The minimum Gasteiger partial charge on any atom is -0.325 e. The largest absolute Gasteiger partial charge is 0.325 e. The molecule has 6 nitrogen and oxygen atoms in total. The minimum atomic E-state index is -0.109. The van der Waals surface area contributed by atoms with Crippen molar-refractivity contribution in [2.24, 2.45) is 0 Å². The Morgan fingerprint density at radius 2 is 1.82 bits per heavy atom. The number of hydrogen-bond donors (Lipinski definition) is 0. The van der Waals surface area contributed by atoms with Gasteiger partial charge < -0.3 is 14.7 Å². The summed E-state index contributed by atoms with van der Waals surface area (Å²) in [5.41, 5.74) is 1.25. The number of benzene rings is 1. The lowest BCUT2D eigenvalue weighted by molar-refractivity contribution is -0.120. The fourth-order valence-corrected chi connectivity index (χ4v) is 2.98. The quantitative estimate of drug-likeness (QED) is 0.775. The molecule has 0 aromatic heterocycles. The van der Waals surface area contributed by atoms with Gasteiger partial charge in [0.15, 0.2) is 0 Å². The van der Waals surface area contributed by atoms with E-state index in [1.807, 2.05) is 11.0 Å². The third-order valence-corrected chi connectivity index (χ3v) is 4.19. The minimum absolute atomic E-state index is 0.0351. The molecule has 116 valence electrons. The summed E-state index contributed by atoms with van der Waals surface area (Å²) in [6.45, 7) is 2.65. The summed E-state index contributed by atoms with van der Waals surface area (Å²) in [6, 6.07) is 6.93. The van der Waals surface area contributed by atoms with E-state index in [9.17, 15) is 14.4 Å². The lowest BCUT2D eigenvalue weighted by atomic mass is 10.2. The average Bonchev–Trinajstić information content (AvgIpc) is 3.08. The number of urea groups is 1. The predicted molar refractivity (Wildman–Crippen MR) is 82.0 cm³/mol. The number of anilines is 1. The maximum absolute atomic E-state index is 12.3. The van der Waals surface area contributed by atoms with Gasteiger partial charge in [0, 0.05) is 37.4 Å². The topological polar surface area (TPSA) is 60.9 Å². The molecule has 0 aliphatic carbocycles. The van der Waals surface area contributed by atoms with Crippen LogP contribution >= 0.6 is 0 Å². The summed E-state index contributed by atoms with van der Waals surface area (Å²) in [5, 5.41) is 0. The van der Waals surface area contributed by atoms with E-state index in [1.54, 1.807) is 28.0 Å². The molecule has 1 aromatic rings. The van der Waals surface area contributed by atoms with Crippen molar-refractivity contribution in [2.45, 2.75) is 12.8 Å². The molecule has 0 unspecified atom stereocenters. The van der Waals surface area contributed by atoms with Crippen LogP contribution in [-0.4, -0.2) is 60.7 Å². The summed E-state index contributed by atoms with van der Waals surface area (Å²) < 4.78 is 0. The zero-order valence-electron chi connectivity index (χ0n) is 12.4. The Balaban J connectivity index is 1.68. The van der Waals surface area contributed by atoms with Gasteiger partial charge in [-0.15, -0.1) is 0 Å². The Kier molecular flexibility index (Phi) is 4.09. The Hall–Kier alpha value is -2.37. The van der Waals surface area contributed by atoms with Crippen LogP contribution in [0.15, 0.2) is 24.3 Å². The first-order valence-electron chi connectivity index (χ1n) is 7.58. The van der Waals surface area contributed by atoms with E-state index >= 15 is 0 Å². The van der Waals surface area contributed by atoms with Gasteiger partial charge in [-0.2, -0.15) is 0 Å². The molecule has 2 saturated heterocycles. The average molecular weight is 301 g/mol. The van der Waals surface area contributed by atoms with Gasteiger partial charge >= 0.3 is 6.03 Å². The number of likely N-dealkylation sites (tertiary alicyclic amines) is 1. The van der Waals surface area contributed by atoms with Crippen molar-refractivity contribution in [3.8, 4) is 0 Å². The van der Waals surface area contributed by atoms with Gasteiger partial charge in [-0.25, -0.2) is 4.79 Å². The van der Waals surface area contributed by atoms with E-state index < -0.39 is 0 Å². The summed E-state index contributed by atoms with van der Waals surface area (Å²) >= 11 is 0. The van der Waals surface area contributed by atoms with Gasteiger partial charge in [0.05, 0.1) is 0 Å². The third kappa shape index (κ3) is 2.81. The van der Waals surface area contributed by atoms with Gasteiger partial charge in [0.1, 0.15) is 12.8 Å². The van der Waals surface area contributed by atoms with Crippen molar-refractivity contribution < 1.29 is 14.4 Å². The van der Waals surface area contributed by atoms with Crippen LogP contribution in [-0.2, 0) is 4.79 Å². The van der Waals surface area contributed by atoms with Crippen LogP contribution < -0.4 is 4.90 Å². The predicted octanol–water partition coefficient (Wildman–Crippen LogP) is 1.36. The molecule has 22 heavy (non-hydrogen) atoms. The summed E-state index contributed by atoms with van der Waals surface area (Å²) in [4.78, 5) is 40.6. The van der Waals surface area contributed by atoms with Gasteiger partial charge in [-0.1, -0.05) is 12.1 Å². The molecule has 0 saturated carbocycles. The molecule has 0 atom stereocenters. The first-order valence-corrected chi connectivity index (χ1v) is 7.58. The number of hydrogen-bond acceptors (Lipinski definition) is 3. The van der Waals surface area contributed by atoms with E-state index in [4.69, 9.17) is 0 Å². The number of carbonyl (C=O) groups is 3. The van der Waals surface area contributed by atoms with Crippen molar-refractivity contribution in [2.75, 3.05) is 37.6 Å². The molecule has 2 aliphatic rings. The Bertz CT molecular complexity index is 596. The highest BCUT2D eigenvalue weighted by Crippen LogP contribution is 2.19. The molecule has 0 spiro atoms. The van der Waals surface area contributed by atoms with Crippen LogP contribution in [0.1, 0.15) is 23.2 Å². The first kappa shape index (κ1) is 14.6. The second-order valence-corrected chi connectivity index (χ2v) is 5.66. The SMILES string of the molecule is O=Cc1cccc(N2CCN(C(=O)N3CCCC3)CC2=O)c1. The first-order chi connectivity index (χ1) is 10.7. The zero-order chi connectivity index (χ0) is 15.5. The lowest BCUT2D eigenvalue weighted by Gasteiger charge is -2.36. The van der Waals surface area contributed by atoms with Crippen LogP contribution in [0.25, 0.3) is 0 Å². The highest BCUT2D eigenvalue weighted by Gasteiger charge is 2.31. The molecule has 0 bridgehead atoms. The lowest BCUT2D eigenvalue weighted by Crippen LogP contribution is -2.55. The molecule has 1 aromatic carbocycles. The Morgan fingerprint density at radius 1 is 1.05 bits per heavy atom. The van der Waals surface area contributed by atoms with Crippen molar-refractivity contribution in [1.82, 2.24) is 9.80 Å². The molecule has 0 N–H and O–H groups in total. The normalized spacial score (nSPS) is 18.7. The van der Waals surface area contributed by atoms with Crippen LogP contribution in [0.3, 0.4) is 0 Å². The van der Waals surface area contributed by atoms with Crippen LogP contribution in [0.5, 0.6) is 0 Å². The van der Waals surface area contributed by atoms with Crippen LogP contribution in [0, 0.1) is 0 Å². The number of amides is 3. The number of nitrogens with zero attached hydrogens (tertiary/aromatic N) is 3. The number of aldehydes is 1. The zero-order valence-corrected chi connectivity index (χ0v) is 12.4. The van der Waals surface area contributed by atoms with Gasteiger partial charge in [-0.05, 0) is 25.0 Å². The molecule has 6 heteroatoms. The smallest absolute Gasteiger partial charge is 0.320 e. The number of rotatable bonds is 2. The molecular weight excluding hydrogens is 282 g/mol. The maximum Gasteiger partial charge on any atom is 0.320 e. The standard InChI is InChI=1S/C16H19N3O3/c20-12-13-4-3-5-14(10-13)19-9-8-18(11-15(19)21)16(22)17-6-1-2-7-17/h3-5,10,12H,1-2,6-9,11H2. The van der Waals surface area contributed by atoms with E-state index in [0.29, 0.717) is 24.3 Å².